The zero-order valence-electron chi connectivity index (χ0n) is 24.6. The molecule has 6 heterocycles. The quantitative estimate of drug-likeness (QED) is 0.228. The summed E-state index contributed by atoms with van der Waals surface area (Å²) < 4.78 is 8.36. The molecule has 0 saturated heterocycles. The fraction of sp³-hybridized carbons (Fsp3) is 0.333. The van der Waals surface area contributed by atoms with Crippen molar-refractivity contribution in [2.24, 2.45) is 0 Å². The van der Waals surface area contributed by atoms with Crippen LogP contribution in [0, 0.1) is 27.7 Å². The fourth-order valence-electron chi connectivity index (χ4n) is 4.60. The number of nitrogens with one attached hydrogen (secondary N) is 2. The van der Waals surface area contributed by atoms with Crippen molar-refractivity contribution in [1.29, 1.82) is 0 Å². The maximum atomic E-state index is 5.41. The Hall–Kier alpha value is -5.00. The van der Waals surface area contributed by atoms with Gasteiger partial charge in [0.2, 0.25) is 0 Å². The SMILES string of the molecule is Cc1ccc(C)n1-c1ccn(C2CC2)n1.Cc1ccc(C)n1-c1ccn[nH]1.Nc1ccn(C2CC2)n1.Nc1ccn[nH]1. The van der Waals surface area contributed by atoms with Crippen molar-refractivity contribution in [2.45, 2.75) is 65.5 Å². The van der Waals surface area contributed by atoms with Crippen molar-refractivity contribution < 1.29 is 0 Å². The highest BCUT2D eigenvalue weighted by molar-refractivity contribution is 5.31. The molecule has 2 fully saturated rings. The number of nitrogens with two attached hydrogens (primary N) is 2. The van der Waals surface area contributed by atoms with Crippen LogP contribution in [0.3, 0.4) is 0 Å². The van der Waals surface area contributed by atoms with Crippen LogP contribution in [0.5, 0.6) is 0 Å². The van der Waals surface area contributed by atoms with E-state index < -0.39 is 0 Å². The molecule has 0 amide bonds. The third kappa shape index (κ3) is 7.19. The van der Waals surface area contributed by atoms with Gasteiger partial charge in [0.1, 0.15) is 17.5 Å². The number of aromatic amines is 2. The molecule has 2 saturated carbocycles. The van der Waals surface area contributed by atoms with E-state index in [9.17, 15) is 0 Å². The summed E-state index contributed by atoms with van der Waals surface area (Å²) in [5.41, 5.74) is 15.5. The summed E-state index contributed by atoms with van der Waals surface area (Å²) in [4.78, 5) is 0. The van der Waals surface area contributed by atoms with Crippen LogP contribution < -0.4 is 11.5 Å². The number of anilines is 2. The van der Waals surface area contributed by atoms with Gasteiger partial charge in [-0.1, -0.05) is 0 Å². The van der Waals surface area contributed by atoms with Crippen LogP contribution in [0.1, 0.15) is 60.5 Å². The van der Waals surface area contributed by atoms with Crippen molar-refractivity contribution in [3.63, 3.8) is 0 Å². The molecule has 12 nitrogen and oxygen atoms in total. The predicted octanol–water partition coefficient (Wildman–Crippen LogP) is 5.23. The van der Waals surface area contributed by atoms with Crippen LogP contribution >= 0.6 is 0 Å². The second-order valence-corrected chi connectivity index (χ2v) is 10.7. The van der Waals surface area contributed by atoms with E-state index in [1.54, 1.807) is 18.5 Å². The summed E-state index contributed by atoms with van der Waals surface area (Å²) in [6.07, 6.45) is 12.5. The van der Waals surface area contributed by atoms with Crippen LogP contribution in [-0.4, -0.2) is 49.1 Å². The number of aromatic nitrogens is 10. The summed E-state index contributed by atoms with van der Waals surface area (Å²) in [6.45, 7) is 8.38. The Kier molecular flexibility index (Phi) is 8.60. The Balaban J connectivity index is 0.000000118. The van der Waals surface area contributed by atoms with E-state index in [0.29, 0.717) is 23.7 Å². The molecular weight excluding hydrogens is 528 g/mol. The lowest BCUT2D eigenvalue weighted by Crippen LogP contribution is -2.01. The predicted molar refractivity (Wildman–Crippen MR) is 165 cm³/mol. The third-order valence-electron chi connectivity index (χ3n) is 7.09. The molecule has 0 spiro atoms. The van der Waals surface area contributed by atoms with Crippen molar-refractivity contribution in [2.75, 3.05) is 11.5 Å². The number of nitrogens with zero attached hydrogens (tertiary/aromatic N) is 8. The van der Waals surface area contributed by atoms with Gasteiger partial charge in [-0.3, -0.25) is 19.6 Å². The molecule has 0 unspecified atom stereocenters. The van der Waals surface area contributed by atoms with Crippen LogP contribution in [0.4, 0.5) is 11.6 Å². The maximum absolute atomic E-state index is 5.41. The van der Waals surface area contributed by atoms with Gasteiger partial charge >= 0.3 is 0 Å². The molecule has 6 aromatic rings. The molecule has 8 rings (SSSR count). The summed E-state index contributed by atoms with van der Waals surface area (Å²) in [5, 5.41) is 21.6. The van der Waals surface area contributed by atoms with E-state index >= 15 is 0 Å². The monoisotopic (exact) mass is 568 g/mol. The number of hydrogen-bond donors (Lipinski definition) is 4. The van der Waals surface area contributed by atoms with E-state index in [2.05, 4.69) is 109 Å². The van der Waals surface area contributed by atoms with E-state index in [-0.39, 0.29) is 0 Å². The molecule has 0 aliphatic heterocycles. The summed E-state index contributed by atoms with van der Waals surface area (Å²) >= 11 is 0. The van der Waals surface area contributed by atoms with E-state index in [4.69, 9.17) is 11.5 Å². The van der Waals surface area contributed by atoms with Gasteiger partial charge in [0, 0.05) is 47.3 Å². The van der Waals surface area contributed by atoms with Crippen LogP contribution in [0.25, 0.3) is 11.6 Å². The Labute approximate surface area is 245 Å². The minimum Gasteiger partial charge on any atom is -0.384 e. The fourth-order valence-corrected chi connectivity index (χ4v) is 4.60. The third-order valence-corrected chi connectivity index (χ3v) is 7.09. The zero-order valence-corrected chi connectivity index (χ0v) is 24.6. The lowest BCUT2D eigenvalue weighted by atomic mass is 10.5. The lowest BCUT2D eigenvalue weighted by Gasteiger charge is -2.04. The van der Waals surface area contributed by atoms with E-state index in [1.165, 1.54) is 48.5 Å². The van der Waals surface area contributed by atoms with Crippen molar-refractivity contribution >= 4 is 11.6 Å². The van der Waals surface area contributed by atoms with E-state index in [1.807, 2.05) is 23.0 Å². The van der Waals surface area contributed by atoms with Gasteiger partial charge in [-0.25, -0.2) is 0 Å². The first kappa shape index (κ1) is 28.5. The molecule has 6 N–H and O–H groups in total. The number of H-pyrrole nitrogens is 2. The van der Waals surface area contributed by atoms with Gasteiger partial charge in [0.25, 0.3) is 0 Å². The number of rotatable bonds is 4. The number of hydrogen-bond acceptors (Lipinski definition) is 6. The van der Waals surface area contributed by atoms with Gasteiger partial charge in [0.15, 0.2) is 5.82 Å². The molecule has 2 aliphatic rings. The zero-order chi connectivity index (χ0) is 29.6. The average Bonchev–Trinajstić information content (AvgIpc) is 3.51. The molecular formula is C30H40N12. The van der Waals surface area contributed by atoms with Gasteiger partial charge in [-0.2, -0.15) is 20.4 Å². The molecule has 220 valence electrons. The lowest BCUT2D eigenvalue weighted by molar-refractivity contribution is 0.633. The Morgan fingerprint density at radius 1 is 0.619 bits per heavy atom. The minimum atomic E-state index is 0.606. The van der Waals surface area contributed by atoms with Gasteiger partial charge in [0.05, 0.1) is 24.5 Å². The maximum Gasteiger partial charge on any atom is 0.159 e. The number of nitrogen functional groups attached to an aromatic ring is 2. The normalized spacial score (nSPS) is 13.8. The standard InChI is InChI=1S/C12H15N3.C9H11N3.C6H9N3.C3H5N3/c1-9-3-4-10(2)15(9)12-7-8-14(13-12)11-5-6-11;1-7-3-4-8(2)12(7)9-5-6-10-11-9;7-6-3-4-9(8-6)5-1-2-5;4-3-1-2-5-6-3/h3-4,7-8,11H,5-6H2,1-2H3;3-6H,1-2H3,(H,10,11);3-5H,1-2H2,(H2,7,8);1-2H,(H3,4,5,6). The highest BCUT2D eigenvalue weighted by Crippen LogP contribution is 2.34. The molecule has 6 aromatic heterocycles. The second-order valence-electron chi connectivity index (χ2n) is 10.7. The van der Waals surface area contributed by atoms with Crippen molar-refractivity contribution in [3.05, 3.63) is 96.1 Å². The first-order valence-corrected chi connectivity index (χ1v) is 14.2. The minimum absolute atomic E-state index is 0.606. The summed E-state index contributed by atoms with van der Waals surface area (Å²) in [5.74, 6) is 3.30. The molecule has 0 radical (unpaired) electrons. The largest absolute Gasteiger partial charge is 0.384 e. The van der Waals surface area contributed by atoms with Crippen LogP contribution in [0.15, 0.2) is 73.3 Å². The molecule has 2 aliphatic carbocycles. The van der Waals surface area contributed by atoms with Gasteiger partial charge in [-0.15, -0.1) is 0 Å². The topological polar surface area (TPSA) is 155 Å². The van der Waals surface area contributed by atoms with Crippen LogP contribution in [0.2, 0.25) is 0 Å². The van der Waals surface area contributed by atoms with E-state index in [0.717, 1.165) is 11.6 Å². The van der Waals surface area contributed by atoms with Crippen molar-refractivity contribution in [1.82, 2.24) is 49.1 Å². The molecule has 12 heteroatoms. The number of aryl methyl sites for hydroxylation is 4. The average molecular weight is 569 g/mol. The smallest absolute Gasteiger partial charge is 0.159 e. The second kappa shape index (κ2) is 12.7. The molecule has 0 atom stereocenters. The first-order chi connectivity index (χ1) is 20.3. The highest BCUT2D eigenvalue weighted by atomic mass is 15.3. The van der Waals surface area contributed by atoms with Gasteiger partial charge in [-0.05, 0) is 89.8 Å². The Morgan fingerprint density at radius 2 is 1.14 bits per heavy atom. The Morgan fingerprint density at radius 3 is 1.57 bits per heavy atom. The first-order valence-electron chi connectivity index (χ1n) is 14.2. The molecule has 42 heavy (non-hydrogen) atoms. The van der Waals surface area contributed by atoms with Gasteiger partial charge < -0.3 is 20.6 Å². The molecule has 0 bridgehead atoms. The summed E-state index contributed by atoms with van der Waals surface area (Å²) in [6, 6.07) is 17.3. The Bertz CT molecular complexity index is 1620. The summed E-state index contributed by atoms with van der Waals surface area (Å²) in [7, 11) is 0. The highest BCUT2D eigenvalue weighted by Gasteiger charge is 2.25. The van der Waals surface area contributed by atoms with Crippen LogP contribution in [-0.2, 0) is 0 Å². The molecule has 0 aromatic carbocycles. The van der Waals surface area contributed by atoms with Crippen molar-refractivity contribution in [3.8, 4) is 11.6 Å².